The molecule has 24 heavy (non-hydrogen) atoms. The maximum Gasteiger partial charge on any atom is 0.208 e. The zero-order valence-corrected chi connectivity index (χ0v) is 14.8. The van der Waals surface area contributed by atoms with E-state index in [0.29, 0.717) is 20.6 Å². The molecule has 2 aromatic carbocycles. The van der Waals surface area contributed by atoms with E-state index in [4.69, 9.17) is 17.3 Å². The van der Waals surface area contributed by atoms with Crippen molar-refractivity contribution in [1.29, 1.82) is 0 Å². The number of ketones is 1. The van der Waals surface area contributed by atoms with Gasteiger partial charge in [-0.3, -0.25) is 4.79 Å². The van der Waals surface area contributed by atoms with Gasteiger partial charge in [0.05, 0.1) is 5.02 Å². The second-order valence-corrected chi connectivity index (χ2v) is 6.89. The van der Waals surface area contributed by atoms with Crippen LogP contribution in [0.25, 0.3) is 0 Å². The molecule has 6 heteroatoms. The molecular formula is C18H16ClN3OS. The highest BCUT2D eigenvalue weighted by molar-refractivity contribution is 7.18. The van der Waals surface area contributed by atoms with Crippen LogP contribution in [0.5, 0.6) is 0 Å². The highest BCUT2D eigenvalue weighted by atomic mass is 35.5. The normalized spacial score (nSPS) is 10.6. The number of aromatic nitrogens is 1. The second-order valence-electron chi connectivity index (χ2n) is 5.49. The van der Waals surface area contributed by atoms with E-state index >= 15 is 0 Å². The van der Waals surface area contributed by atoms with Crippen molar-refractivity contribution in [2.24, 2.45) is 0 Å². The summed E-state index contributed by atoms with van der Waals surface area (Å²) in [4.78, 5) is 17.3. The number of nitrogens with two attached hydrogens (primary N) is 1. The highest BCUT2D eigenvalue weighted by Crippen LogP contribution is 2.32. The number of nitrogen functional groups attached to an aromatic ring is 1. The number of halogens is 1. The lowest BCUT2D eigenvalue weighted by Gasteiger charge is -2.07. The van der Waals surface area contributed by atoms with Gasteiger partial charge in [0.15, 0.2) is 5.13 Å². The number of rotatable bonds is 4. The fraction of sp³-hybridized carbons (Fsp3) is 0.111. The first kappa shape index (κ1) is 16.5. The lowest BCUT2D eigenvalue weighted by atomic mass is 10.1. The van der Waals surface area contributed by atoms with Gasteiger partial charge in [-0.15, -0.1) is 0 Å². The average Bonchev–Trinajstić information content (AvgIpc) is 2.91. The number of anilines is 3. The Kier molecular flexibility index (Phi) is 4.55. The van der Waals surface area contributed by atoms with Crippen molar-refractivity contribution in [2.45, 2.75) is 13.8 Å². The van der Waals surface area contributed by atoms with E-state index in [1.807, 2.05) is 32.0 Å². The monoisotopic (exact) mass is 357 g/mol. The second kappa shape index (κ2) is 6.63. The zero-order chi connectivity index (χ0) is 17.3. The molecule has 3 rings (SSSR count). The van der Waals surface area contributed by atoms with Crippen LogP contribution < -0.4 is 11.1 Å². The van der Waals surface area contributed by atoms with E-state index in [9.17, 15) is 4.79 Å². The maximum atomic E-state index is 12.7. The quantitative estimate of drug-likeness (QED) is 0.647. The van der Waals surface area contributed by atoms with Crippen LogP contribution in [0.4, 0.5) is 16.6 Å². The molecule has 1 heterocycles. The fourth-order valence-corrected chi connectivity index (χ4v) is 3.37. The number of hydrogen-bond donors (Lipinski definition) is 2. The maximum absolute atomic E-state index is 12.7. The number of carbonyl (C=O) groups excluding carboxylic acids is 1. The number of carbonyl (C=O) groups is 1. The molecule has 0 saturated heterocycles. The number of aryl methyl sites for hydroxylation is 2. The Hall–Kier alpha value is -2.37. The number of thiazole rings is 1. The Morgan fingerprint density at radius 3 is 2.71 bits per heavy atom. The molecule has 0 aliphatic heterocycles. The molecule has 122 valence electrons. The lowest BCUT2D eigenvalue weighted by molar-refractivity contribution is 0.104. The van der Waals surface area contributed by atoms with Crippen LogP contribution in [0.15, 0.2) is 42.5 Å². The number of hydrogen-bond acceptors (Lipinski definition) is 5. The Labute approximate surface area is 149 Å². The van der Waals surface area contributed by atoms with Crippen LogP contribution >= 0.6 is 22.9 Å². The molecule has 0 unspecified atom stereocenters. The predicted octanol–water partition coefficient (Wildman–Crippen LogP) is 4.97. The minimum absolute atomic E-state index is 0.206. The van der Waals surface area contributed by atoms with Crippen LogP contribution in [0.3, 0.4) is 0 Å². The molecular weight excluding hydrogens is 342 g/mol. The molecule has 0 bridgehead atoms. The van der Waals surface area contributed by atoms with Gasteiger partial charge in [-0.2, -0.15) is 0 Å². The summed E-state index contributed by atoms with van der Waals surface area (Å²) in [6, 6.07) is 13.0. The molecule has 3 N–H and O–H groups in total. The predicted molar refractivity (Wildman–Crippen MR) is 101 cm³/mol. The molecule has 0 fully saturated rings. The van der Waals surface area contributed by atoms with Crippen LogP contribution in [0, 0.1) is 13.8 Å². The van der Waals surface area contributed by atoms with Crippen molar-refractivity contribution in [2.75, 3.05) is 11.1 Å². The number of nitrogens with zero attached hydrogens (tertiary/aromatic N) is 1. The summed E-state index contributed by atoms with van der Waals surface area (Å²) >= 11 is 7.33. The van der Waals surface area contributed by atoms with Gasteiger partial charge in [0.1, 0.15) is 10.7 Å². The SMILES string of the molecule is Cc1ccc(C)c(Nc2nc(N)c(C(=O)c3ccccc3Cl)s2)c1. The molecule has 0 saturated carbocycles. The highest BCUT2D eigenvalue weighted by Gasteiger charge is 2.20. The van der Waals surface area contributed by atoms with Gasteiger partial charge in [-0.05, 0) is 43.2 Å². The standard InChI is InChI=1S/C18H16ClN3OS/c1-10-7-8-11(2)14(9-10)21-18-22-17(20)16(24-18)15(23)12-5-3-4-6-13(12)19/h3-9H,20H2,1-2H3,(H,21,22). The smallest absolute Gasteiger partial charge is 0.208 e. The molecule has 0 aliphatic carbocycles. The van der Waals surface area contributed by atoms with Crippen LogP contribution in [-0.2, 0) is 0 Å². The van der Waals surface area contributed by atoms with Crippen molar-refractivity contribution in [3.05, 3.63) is 69.1 Å². The minimum atomic E-state index is -0.218. The summed E-state index contributed by atoms with van der Waals surface area (Å²) in [6.07, 6.45) is 0. The van der Waals surface area contributed by atoms with Crippen molar-refractivity contribution in [3.8, 4) is 0 Å². The van der Waals surface area contributed by atoms with Crippen molar-refractivity contribution in [1.82, 2.24) is 4.98 Å². The Balaban J connectivity index is 1.92. The van der Waals surface area contributed by atoms with Crippen molar-refractivity contribution >= 4 is 45.4 Å². The van der Waals surface area contributed by atoms with E-state index in [0.717, 1.165) is 16.8 Å². The number of benzene rings is 2. The van der Waals surface area contributed by atoms with Gasteiger partial charge in [0, 0.05) is 11.3 Å². The lowest BCUT2D eigenvalue weighted by Crippen LogP contribution is -2.03. The summed E-state index contributed by atoms with van der Waals surface area (Å²) < 4.78 is 0. The van der Waals surface area contributed by atoms with Crippen LogP contribution in [0.1, 0.15) is 26.4 Å². The summed E-state index contributed by atoms with van der Waals surface area (Å²) in [5, 5.41) is 4.22. The summed E-state index contributed by atoms with van der Waals surface area (Å²) in [5.41, 5.74) is 9.55. The summed E-state index contributed by atoms with van der Waals surface area (Å²) in [5.74, 6) is -0.0117. The molecule has 0 aliphatic rings. The molecule has 3 aromatic rings. The topological polar surface area (TPSA) is 68.0 Å². The first-order chi connectivity index (χ1) is 11.5. The Bertz CT molecular complexity index is 920. The summed E-state index contributed by atoms with van der Waals surface area (Å²) in [6.45, 7) is 4.03. The third kappa shape index (κ3) is 3.27. The Morgan fingerprint density at radius 2 is 1.96 bits per heavy atom. The van der Waals surface area contributed by atoms with E-state index < -0.39 is 0 Å². The van der Waals surface area contributed by atoms with E-state index in [-0.39, 0.29) is 11.6 Å². The van der Waals surface area contributed by atoms with Gasteiger partial charge >= 0.3 is 0 Å². The molecule has 1 aromatic heterocycles. The van der Waals surface area contributed by atoms with E-state index in [1.165, 1.54) is 11.3 Å². The van der Waals surface area contributed by atoms with Crippen LogP contribution in [0.2, 0.25) is 5.02 Å². The van der Waals surface area contributed by atoms with Gasteiger partial charge in [-0.25, -0.2) is 4.98 Å². The fourth-order valence-electron chi connectivity index (χ4n) is 2.30. The third-order valence-corrected chi connectivity index (χ3v) is 4.93. The molecule has 0 radical (unpaired) electrons. The van der Waals surface area contributed by atoms with E-state index in [2.05, 4.69) is 10.3 Å². The average molecular weight is 358 g/mol. The molecule has 0 amide bonds. The van der Waals surface area contributed by atoms with Gasteiger partial charge in [-0.1, -0.05) is 47.2 Å². The van der Waals surface area contributed by atoms with Gasteiger partial charge in [0.25, 0.3) is 0 Å². The summed E-state index contributed by atoms with van der Waals surface area (Å²) in [7, 11) is 0. The largest absolute Gasteiger partial charge is 0.382 e. The van der Waals surface area contributed by atoms with Gasteiger partial charge in [0.2, 0.25) is 5.78 Å². The first-order valence-corrected chi connectivity index (χ1v) is 8.55. The molecule has 4 nitrogen and oxygen atoms in total. The van der Waals surface area contributed by atoms with Gasteiger partial charge < -0.3 is 11.1 Å². The third-order valence-electron chi connectivity index (χ3n) is 3.61. The Morgan fingerprint density at radius 1 is 1.21 bits per heavy atom. The molecule has 0 atom stereocenters. The minimum Gasteiger partial charge on any atom is -0.382 e. The first-order valence-electron chi connectivity index (χ1n) is 7.35. The number of nitrogens with one attached hydrogen (secondary N) is 1. The van der Waals surface area contributed by atoms with Crippen molar-refractivity contribution < 1.29 is 4.79 Å². The van der Waals surface area contributed by atoms with Crippen LogP contribution in [-0.4, -0.2) is 10.8 Å². The van der Waals surface area contributed by atoms with Crippen molar-refractivity contribution in [3.63, 3.8) is 0 Å². The molecule has 0 spiro atoms. The van der Waals surface area contributed by atoms with E-state index in [1.54, 1.807) is 24.3 Å². The zero-order valence-electron chi connectivity index (χ0n) is 13.3.